The van der Waals surface area contributed by atoms with E-state index in [1.807, 2.05) is 19.1 Å². The Hall–Kier alpha value is -1.23. The first-order valence-corrected chi connectivity index (χ1v) is 5.28. The van der Waals surface area contributed by atoms with Crippen molar-refractivity contribution < 1.29 is 18.0 Å². The number of halogens is 3. The summed E-state index contributed by atoms with van der Waals surface area (Å²) in [6, 6.07) is 7.26. The Morgan fingerprint density at radius 1 is 1.25 bits per heavy atom. The molecule has 0 spiro atoms. The van der Waals surface area contributed by atoms with Gasteiger partial charge in [0.15, 0.2) is 0 Å². The molecule has 0 bridgehead atoms. The normalized spacial score (nSPS) is 12.0. The molecule has 0 saturated carbocycles. The summed E-state index contributed by atoms with van der Waals surface area (Å²) < 4.78 is 35.5. The van der Waals surface area contributed by atoms with Crippen LogP contribution in [-0.4, -0.2) is 12.0 Å². The minimum atomic E-state index is -4.79. The van der Waals surface area contributed by atoms with E-state index < -0.39 is 12.0 Å². The van der Waals surface area contributed by atoms with Crippen molar-refractivity contribution in [2.75, 3.05) is 0 Å². The zero-order valence-electron chi connectivity index (χ0n) is 8.41. The highest BCUT2D eigenvalue weighted by molar-refractivity contribution is 8.02. The molecular formula is C11H9F3OS. The molecule has 1 nitrogen and oxygen atoms in total. The summed E-state index contributed by atoms with van der Waals surface area (Å²) in [5.41, 5.74) is 1.07. The number of thioether (sulfide) groups is 1. The van der Waals surface area contributed by atoms with Gasteiger partial charge in [0.25, 0.3) is 5.78 Å². The second kappa shape index (κ2) is 5.21. The lowest BCUT2D eigenvalue weighted by Crippen LogP contribution is -2.19. The molecule has 0 amide bonds. The Balaban J connectivity index is 2.55. The molecule has 0 saturated heterocycles. The molecule has 0 aliphatic rings. The van der Waals surface area contributed by atoms with Crippen molar-refractivity contribution in [3.05, 3.63) is 41.3 Å². The second-order valence-corrected chi connectivity index (χ2v) is 4.07. The first-order chi connectivity index (χ1) is 7.39. The maximum absolute atomic E-state index is 11.8. The fourth-order valence-corrected chi connectivity index (χ4v) is 1.53. The van der Waals surface area contributed by atoms with Crippen LogP contribution < -0.4 is 0 Å². The predicted octanol–water partition coefficient (Wildman–Crippen LogP) is 3.73. The minimum Gasteiger partial charge on any atom is -0.285 e. The van der Waals surface area contributed by atoms with E-state index in [4.69, 9.17) is 0 Å². The molecule has 0 fully saturated rings. The standard InChI is InChI=1S/C11H9F3OS/c1-8-2-4-9(5-3-8)16-7-6-10(15)11(12,13)14/h2-7H,1H3/b7-6-. The summed E-state index contributed by atoms with van der Waals surface area (Å²) in [5, 5.41) is 1.14. The van der Waals surface area contributed by atoms with Gasteiger partial charge in [0.1, 0.15) is 0 Å². The van der Waals surface area contributed by atoms with Crippen LogP contribution in [0.15, 0.2) is 40.6 Å². The molecule has 0 aliphatic heterocycles. The maximum Gasteiger partial charge on any atom is 0.454 e. The topological polar surface area (TPSA) is 17.1 Å². The second-order valence-electron chi connectivity index (χ2n) is 3.10. The summed E-state index contributed by atoms with van der Waals surface area (Å²) in [6.45, 7) is 1.91. The van der Waals surface area contributed by atoms with Crippen LogP contribution in [-0.2, 0) is 4.79 Å². The molecule has 0 unspecified atom stereocenters. The van der Waals surface area contributed by atoms with Crippen LogP contribution in [0.4, 0.5) is 13.2 Å². The van der Waals surface area contributed by atoms with Gasteiger partial charge < -0.3 is 0 Å². The summed E-state index contributed by atoms with van der Waals surface area (Å²) in [4.78, 5) is 11.3. The highest BCUT2D eigenvalue weighted by Gasteiger charge is 2.35. The molecule has 0 aromatic heterocycles. The van der Waals surface area contributed by atoms with E-state index in [9.17, 15) is 18.0 Å². The lowest BCUT2D eigenvalue weighted by Gasteiger charge is -1.99. The van der Waals surface area contributed by atoms with Crippen LogP contribution in [0.2, 0.25) is 0 Å². The van der Waals surface area contributed by atoms with Crippen LogP contribution >= 0.6 is 11.8 Å². The molecule has 0 N–H and O–H groups in total. The number of allylic oxidation sites excluding steroid dienone is 1. The smallest absolute Gasteiger partial charge is 0.285 e. The van der Waals surface area contributed by atoms with Gasteiger partial charge in [-0.2, -0.15) is 13.2 Å². The van der Waals surface area contributed by atoms with Gasteiger partial charge in [0.05, 0.1) is 0 Å². The number of carbonyl (C=O) groups is 1. The number of hydrogen-bond donors (Lipinski definition) is 0. The van der Waals surface area contributed by atoms with Crippen molar-refractivity contribution in [3.63, 3.8) is 0 Å². The van der Waals surface area contributed by atoms with Crippen LogP contribution in [0.3, 0.4) is 0 Å². The molecule has 1 aromatic carbocycles. The summed E-state index contributed by atoms with van der Waals surface area (Å²) in [5.74, 6) is -1.84. The molecule has 0 radical (unpaired) electrons. The van der Waals surface area contributed by atoms with Gasteiger partial charge in [-0.25, -0.2) is 0 Å². The average Bonchev–Trinajstić information content (AvgIpc) is 2.19. The molecule has 0 aliphatic carbocycles. The summed E-state index contributed by atoms with van der Waals surface area (Å²) >= 11 is 1.07. The largest absolute Gasteiger partial charge is 0.454 e. The van der Waals surface area contributed by atoms with Crippen molar-refractivity contribution in [2.45, 2.75) is 18.0 Å². The Bertz CT molecular complexity index is 393. The number of rotatable bonds is 3. The van der Waals surface area contributed by atoms with Crippen molar-refractivity contribution in [3.8, 4) is 0 Å². The van der Waals surface area contributed by atoms with Crippen LogP contribution in [0.25, 0.3) is 0 Å². The Morgan fingerprint density at radius 2 is 1.81 bits per heavy atom. The van der Waals surface area contributed by atoms with E-state index in [0.29, 0.717) is 6.08 Å². The van der Waals surface area contributed by atoms with E-state index in [1.54, 1.807) is 12.1 Å². The zero-order chi connectivity index (χ0) is 12.2. The number of aryl methyl sites for hydroxylation is 1. The third-order valence-corrected chi connectivity index (χ3v) is 2.54. The van der Waals surface area contributed by atoms with E-state index in [1.165, 1.54) is 0 Å². The average molecular weight is 246 g/mol. The quantitative estimate of drug-likeness (QED) is 0.597. The number of alkyl halides is 3. The third kappa shape index (κ3) is 4.10. The van der Waals surface area contributed by atoms with Gasteiger partial charge in [-0.05, 0) is 30.5 Å². The SMILES string of the molecule is Cc1ccc(S/C=C\C(=O)C(F)(F)F)cc1. The molecule has 16 heavy (non-hydrogen) atoms. The van der Waals surface area contributed by atoms with E-state index in [-0.39, 0.29) is 0 Å². The Morgan fingerprint density at radius 3 is 2.31 bits per heavy atom. The van der Waals surface area contributed by atoms with Crippen molar-refractivity contribution >= 4 is 17.5 Å². The monoisotopic (exact) mass is 246 g/mol. The van der Waals surface area contributed by atoms with Gasteiger partial charge in [-0.3, -0.25) is 4.79 Å². The van der Waals surface area contributed by atoms with Gasteiger partial charge in [0.2, 0.25) is 0 Å². The minimum absolute atomic E-state index is 0.532. The van der Waals surface area contributed by atoms with Crippen molar-refractivity contribution in [1.29, 1.82) is 0 Å². The van der Waals surface area contributed by atoms with E-state index in [0.717, 1.165) is 27.6 Å². The Labute approximate surface area is 95.3 Å². The zero-order valence-corrected chi connectivity index (χ0v) is 9.23. The first-order valence-electron chi connectivity index (χ1n) is 4.40. The van der Waals surface area contributed by atoms with Crippen molar-refractivity contribution in [1.82, 2.24) is 0 Å². The van der Waals surface area contributed by atoms with Gasteiger partial charge in [-0.1, -0.05) is 29.5 Å². The van der Waals surface area contributed by atoms with E-state index in [2.05, 4.69) is 0 Å². The van der Waals surface area contributed by atoms with E-state index >= 15 is 0 Å². The van der Waals surface area contributed by atoms with Crippen LogP contribution in [0.1, 0.15) is 5.56 Å². The van der Waals surface area contributed by atoms with Crippen LogP contribution in [0, 0.1) is 6.92 Å². The van der Waals surface area contributed by atoms with Crippen molar-refractivity contribution in [2.24, 2.45) is 0 Å². The fraction of sp³-hybridized carbons (Fsp3) is 0.182. The maximum atomic E-state index is 11.8. The predicted molar refractivity (Wildman–Crippen MR) is 57.2 cm³/mol. The summed E-state index contributed by atoms with van der Waals surface area (Å²) in [7, 11) is 0. The highest BCUT2D eigenvalue weighted by atomic mass is 32.2. The molecule has 1 aromatic rings. The molecule has 86 valence electrons. The highest BCUT2D eigenvalue weighted by Crippen LogP contribution is 2.21. The van der Waals surface area contributed by atoms with Gasteiger partial charge >= 0.3 is 6.18 Å². The van der Waals surface area contributed by atoms with Crippen LogP contribution in [0.5, 0.6) is 0 Å². The third-order valence-electron chi connectivity index (χ3n) is 1.72. The Kier molecular flexibility index (Phi) is 4.18. The fourth-order valence-electron chi connectivity index (χ4n) is 0.886. The number of ketones is 1. The van der Waals surface area contributed by atoms with Gasteiger partial charge in [0, 0.05) is 4.90 Å². The molecule has 0 atom stereocenters. The molecule has 0 heterocycles. The lowest BCUT2D eigenvalue weighted by atomic mass is 10.2. The number of carbonyl (C=O) groups excluding carboxylic acids is 1. The van der Waals surface area contributed by atoms with Gasteiger partial charge in [-0.15, -0.1) is 0 Å². The first kappa shape index (κ1) is 12.8. The number of benzene rings is 1. The number of hydrogen-bond acceptors (Lipinski definition) is 2. The molecular weight excluding hydrogens is 237 g/mol. The lowest BCUT2D eigenvalue weighted by molar-refractivity contribution is -0.165. The molecule has 1 rings (SSSR count). The summed E-state index contributed by atoms with van der Waals surface area (Å²) in [6.07, 6.45) is -4.26. The molecule has 5 heteroatoms.